The number of hydrogen-bond acceptors (Lipinski definition) is 4. The SMILES string of the molecule is C=C(OS(=O)(=O)C(F)(F)F)C1=C(C(=C)C2=C3C(=C(O)CC2)C2CCC3C2)C2CCC2C1. The van der Waals surface area contributed by atoms with Gasteiger partial charge in [-0.1, -0.05) is 13.2 Å². The Morgan fingerprint density at radius 2 is 1.68 bits per heavy atom. The van der Waals surface area contributed by atoms with Crippen molar-refractivity contribution in [3.63, 3.8) is 0 Å². The summed E-state index contributed by atoms with van der Waals surface area (Å²) in [6, 6.07) is 0. The Balaban J connectivity index is 1.54. The van der Waals surface area contributed by atoms with Gasteiger partial charge in [-0.2, -0.15) is 21.6 Å². The van der Waals surface area contributed by atoms with E-state index in [2.05, 4.69) is 17.3 Å². The first-order valence-corrected chi connectivity index (χ1v) is 12.2. The predicted molar refractivity (Wildman–Crippen MR) is 109 cm³/mol. The molecule has 0 aromatic carbocycles. The zero-order valence-corrected chi connectivity index (χ0v) is 17.9. The van der Waals surface area contributed by atoms with Crippen molar-refractivity contribution < 1.29 is 30.9 Å². The van der Waals surface area contributed by atoms with Gasteiger partial charge in [-0.15, -0.1) is 0 Å². The summed E-state index contributed by atoms with van der Waals surface area (Å²) in [5.74, 6) is 1.19. The lowest BCUT2D eigenvalue weighted by atomic mass is 9.69. The maximum atomic E-state index is 12.8. The quantitative estimate of drug-likeness (QED) is 0.315. The Kier molecular flexibility index (Phi) is 4.57. The first kappa shape index (κ1) is 20.9. The third kappa shape index (κ3) is 3.04. The van der Waals surface area contributed by atoms with Crippen LogP contribution >= 0.6 is 0 Å². The molecule has 4 nitrogen and oxygen atoms in total. The molecular weight excluding hydrogens is 429 g/mol. The van der Waals surface area contributed by atoms with E-state index in [0.717, 1.165) is 54.4 Å². The van der Waals surface area contributed by atoms with Gasteiger partial charge in [-0.3, -0.25) is 0 Å². The van der Waals surface area contributed by atoms with Crippen molar-refractivity contribution in [2.75, 3.05) is 0 Å². The standard InChI is InChI=1S/C23H25F3O4S/c1-11(16-7-8-19(27)22-15-4-3-14(9-15)21(16)22)20-17-6-5-13(17)10-18(20)12(2)30-31(28,29)23(24,25)26/h13-15,17,27H,1-10H2. The van der Waals surface area contributed by atoms with Gasteiger partial charge in [0, 0.05) is 6.42 Å². The van der Waals surface area contributed by atoms with E-state index in [1.165, 1.54) is 5.57 Å². The van der Waals surface area contributed by atoms with Crippen LogP contribution in [0.5, 0.6) is 0 Å². The largest absolute Gasteiger partial charge is 0.534 e. The summed E-state index contributed by atoms with van der Waals surface area (Å²) in [6.45, 7) is 7.90. The van der Waals surface area contributed by atoms with Crippen molar-refractivity contribution in [2.24, 2.45) is 23.7 Å². The van der Waals surface area contributed by atoms with Crippen molar-refractivity contribution in [3.8, 4) is 0 Å². The summed E-state index contributed by atoms with van der Waals surface area (Å²) in [7, 11) is -5.77. The number of halogens is 3. The molecule has 4 atom stereocenters. The Morgan fingerprint density at radius 3 is 2.29 bits per heavy atom. The summed E-state index contributed by atoms with van der Waals surface area (Å²) in [5.41, 5.74) is -0.172. The van der Waals surface area contributed by atoms with Crippen LogP contribution in [0.2, 0.25) is 0 Å². The molecule has 5 aliphatic rings. The van der Waals surface area contributed by atoms with Gasteiger partial charge in [0.25, 0.3) is 0 Å². The van der Waals surface area contributed by atoms with Gasteiger partial charge >= 0.3 is 15.6 Å². The summed E-state index contributed by atoms with van der Waals surface area (Å²) in [6.07, 6.45) is 6.63. The first-order valence-electron chi connectivity index (χ1n) is 10.8. The molecule has 5 rings (SSSR count). The van der Waals surface area contributed by atoms with Crippen LogP contribution in [0.1, 0.15) is 51.4 Å². The van der Waals surface area contributed by atoms with E-state index in [0.29, 0.717) is 42.4 Å². The highest BCUT2D eigenvalue weighted by molar-refractivity contribution is 7.87. The van der Waals surface area contributed by atoms with Crippen molar-refractivity contribution in [1.29, 1.82) is 0 Å². The van der Waals surface area contributed by atoms with Gasteiger partial charge < -0.3 is 9.29 Å². The highest BCUT2D eigenvalue weighted by Crippen LogP contribution is 2.60. The lowest BCUT2D eigenvalue weighted by Crippen LogP contribution is -2.25. The van der Waals surface area contributed by atoms with Gasteiger partial charge in [0.1, 0.15) is 5.76 Å². The Morgan fingerprint density at radius 1 is 1.00 bits per heavy atom. The van der Waals surface area contributed by atoms with Crippen molar-refractivity contribution in [1.82, 2.24) is 0 Å². The number of hydrogen-bond donors (Lipinski definition) is 1. The van der Waals surface area contributed by atoms with E-state index in [4.69, 9.17) is 0 Å². The highest BCUT2D eigenvalue weighted by atomic mass is 32.2. The molecule has 0 aromatic rings. The van der Waals surface area contributed by atoms with E-state index in [1.807, 2.05) is 0 Å². The molecule has 0 aromatic heterocycles. The molecule has 4 unspecified atom stereocenters. The van der Waals surface area contributed by atoms with Gasteiger partial charge in [0.2, 0.25) is 0 Å². The van der Waals surface area contributed by atoms with E-state index in [1.54, 1.807) is 0 Å². The third-order valence-electron chi connectivity index (χ3n) is 7.89. The Labute approximate surface area is 180 Å². The molecule has 0 saturated heterocycles. The normalized spacial score (nSPS) is 32.2. The number of fused-ring (bicyclic) bond motifs is 6. The van der Waals surface area contributed by atoms with Crippen LogP contribution in [-0.2, 0) is 14.3 Å². The number of aliphatic hydroxyl groups excluding tert-OH is 1. The molecule has 2 bridgehead atoms. The molecular formula is C23H25F3O4S. The van der Waals surface area contributed by atoms with Gasteiger partial charge in [-0.05, 0) is 102 Å². The number of allylic oxidation sites excluding steroid dienone is 7. The van der Waals surface area contributed by atoms with E-state index < -0.39 is 21.4 Å². The molecule has 0 radical (unpaired) electrons. The average Bonchev–Trinajstić information content (AvgIpc) is 3.33. The van der Waals surface area contributed by atoms with Gasteiger partial charge in [0.15, 0.2) is 0 Å². The van der Waals surface area contributed by atoms with Crippen molar-refractivity contribution in [3.05, 3.63) is 58.1 Å². The summed E-state index contributed by atoms with van der Waals surface area (Å²) >= 11 is 0. The van der Waals surface area contributed by atoms with E-state index in [-0.39, 0.29) is 11.8 Å². The third-order valence-corrected chi connectivity index (χ3v) is 8.87. The Bertz CT molecular complexity index is 1090. The molecule has 8 heteroatoms. The second-order valence-corrected chi connectivity index (χ2v) is 10.9. The first-order chi connectivity index (χ1) is 14.5. The van der Waals surface area contributed by atoms with Crippen LogP contribution in [-0.4, -0.2) is 19.0 Å². The van der Waals surface area contributed by atoms with Crippen molar-refractivity contribution in [2.45, 2.75) is 56.9 Å². The monoisotopic (exact) mass is 454 g/mol. The minimum atomic E-state index is -5.77. The number of rotatable bonds is 5. The molecule has 0 spiro atoms. The fourth-order valence-electron chi connectivity index (χ4n) is 6.42. The lowest BCUT2D eigenvalue weighted by molar-refractivity contribution is -0.0520. The topological polar surface area (TPSA) is 63.6 Å². The van der Waals surface area contributed by atoms with Crippen LogP contribution in [0, 0.1) is 23.7 Å². The predicted octanol–water partition coefficient (Wildman–Crippen LogP) is 5.98. The minimum Gasteiger partial charge on any atom is -0.512 e. The van der Waals surface area contributed by atoms with Crippen molar-refractivity contribution >= 4 is 10.1 Å². The molecule has 3 saturated carbocycles. The van der Waals surface area contributed by atoms with Crippen LogP contribution in [0.25, 0.3) is 0 Å². The summed E-state index contributed by atoms with van der Waals surface area (Å²) < 4.78 is 66.0. The second kappa shape index (κ2) is 6.77. The molecule has 168 valence electrons. The summed E-state index contributed by atoms with van der Waals surface area (Å²) in [5, 5.41) is 10.5. The second-order valence-electron chi connectivity index (χ2n) is 9.38. The average molecular weight is 455 g/mol. The van der Waals surface area contributed by atoms with Gasteiger partial charge in [-0.25, -0.2) is 0 Å². The van der Waals surface area contributed by atoms with Crippen LogP contribution in [0.4, 0.5) is 13.2 Å². The van der Waals surface area contributed by atoms with E-state index >= 15 is 0 Å². The number of alkyl halides is 3. The fourth-order valence-corrected chi connectivity index (χ4v) is 6.88. The maximum Gasteiger partial charge on any atom is 0.534 e. The molecule has 1 N–H and O–H groups in total. The maximum absolute atomic E-state index is 12.8. The molecule has 3 fully saturated rings. The molecule has 0 aliphatic heterocycles. The lowest BCUT2D eigenvalue weighted by Gasteiger charge is -2.35. The number of aliphatic hydroxyl groups is 1. The Hall–Kier alpha value is -1.96. The van der Waals surface area contributed by atoms with E-state index in [9.17, 15) is 26.7 Å². The zero-order chi connectivity index (χ0) is 22.3. The highest BCUT2D eigenvalue weighted by Gasteiger charge is 2.51. The molecule has 0 amide bonds. The van der Waals surface area contributed by atoms with Crippen LogP contribution in [0.3, 0.4) is 0 Å². The summed E-state index contributed by atoms with van der Waals surface area (Å²) in [4.78, 5) is 0. The smallest absolute Gasteiger partial charge is 0.512 e. The fraction of sp³-hybridized carbons (Fsp3) is 0.565. The van der Waals surface area contributed by atoms with Crippen LogP contribution in [0.15, 0.2) is 58.1 Å². The zero-order valence-electron chi connectivity index (χ0n) is 17.1. The minimum absolute atomic E-state index is 0.145. The van der Waals surface area contributed by atoms with Crippen LogP contribution < -0.4 is 0 Å². The molecule has 0 heterocycles. The van der Waals surface area contributed by atoms with Gasteiger partial charge in [0.05, 0.1) is 5.76 Å². The molecule has 31 heavy (non-hydrogen) atoms. The molecule has 5 aliphatic carbocycles.